The van der Waals surface area contributed by atoms with Crippen LogP contribution >= 0.6 is 0 Å². The van der Waals surface area contributed by atoms with Crippen LogP contribution in [0.5, 0.6) is 0 Å². The highest BCUT2D eigenvalue weighted by Crippen LogP contribution is 2.44. The van der Waals surface area contributed by atoms with Gasteiger partial charge in [-0.05, 0) is 131 Å². The smallest absolute Gasteiger partial charge is 0.144 e. The average Bonchev–Trinajstić information content (AvgIpc) is 1.59. The minimum absolute atomic E-state index is 0.894. The van der Waals surface area contributed by atoms with E-state index >= 15 is 0 Å². The number of rotatable bonds is 8. The van der Waals surface area contributed by atoms with Crippen molar-refractivity contribution in [3.8, 4) is 73.3 Å². The van der Waals surface area contributed by atoms with E-state index in [2.05, 4.69) is 311 Å². The number of benzene rings is 14. The molecular weight excluding hydrogens is 1170 g/mol. The molecule has 6 heteroatoms. The molecule has 6 nitrogen and oxygen atoms in total. The Balaban J connectivity index is 0.000000106. The summed E-state index contributed by atoms with van der Waals surface area (Å²) in [7, 11) is 0. The van der Waals surface area contributed by atoms with Gasteiger partial charge in [0.1, 0.15) is 34.0 Å². The fraction of sp³-hybridized carbons (Fsp3) is 0. The Hall–Kier alpha value is -12.9. The van der Waals surface area contributed by atoms with Gasteiger partial charge in [0.15, 0.2) is 0 Å². The first-order chi connectivity index (χ1) is 47.6. The van der Waals surface area contributed by atoms with Crippen molar-refractivity contribution >= 4 is 98.3 Å². The fourth-order valence-electron chi connectivity index (χ4n) is 14.2. The van der Waals surface area contributed by atoms with Gasteiger partial charge in [-0.2, -0.15) is 0 Å². The molecule has 0 aliphatic heterocycles. The normalized spacial score (nSPS) is 11.5. The zero-order valence-electron chi connectivity index (χ0n) is 52.1. The van der Waals surface area contributed by atoms with Gasteiger partial charge in [0.2, 0.25) is 0 Å². The van der Waals surface area contributed by atoms with Crippen molar-refractivity contribution in [3.63, 3.8) is 0 Å². The monoisotopic (exact) mass is 1230 g/mol. The molecule has 0 bridgehead atoms. The maximum atomic E-state index is 6.50. The van der Waals surface area contributed by atoms with Crippen molar-refractivity contribution in [2.24, 2.45) is 0 Å². The average molecular weight is 1230 g/mol. The maximum Gasteiger partial charge on any atom is 0.144 e. The Morgan fingerprint density at radius 2 is 0.458 bits per heavy atom. The van der Waals surface area contributed by atoms with E-state index in [1.165, 1.54) is 60.3 Å². The lowest BCUT2D eigenvalue weighted by molar-refractivity contribution is 0.635. The zero-order valence-corrected chi connectivity index (χ0v) is 52.1. The van der Waals surface area contributed by atoms with Crippen LogP contribution in [-0.4, -0.2) is 13.7 Å². The van der Waals surface area contributed by atoms with Crippen LogP contribution in [0.15, 0.2) is 371 Å². The Labute approximate surface area is 553 Å². The SMILES string of the molecule is c1ccc(-c2cc3ccc4c(c5ccccc5n4-c4ccccc4)c3o2)cc1.c1ccc(-c2ccc(-n3c4ccccc4c4c5oc(-c6ccccc6)cc5ccc43)cc2)cc1.c1ccc(-c2cccc(-n3c4ccccc4c4c5oc(-c6ccccc6)cc5ccc43)c2)cc1. The molecule has 0 aliphatic rings. The second kappa shape index (κ2) is 23.7. The standard InChI is InChI=1S/2C32H21NO.C26H17NO/c1-3-10-22(11-4-1)24-14-9-15-26(20-24)33-28-17-8-7-16-27(28)31-29(33)19-18-25-21-30(34-32(25)31)23-12-5-2-6-13-23;1-3-9-22(10-4-1)23-15-18-26(19-16-23)33-28-14-8-7-13-27(28)31-29(33)20-17-25-21-30(34-32(25)31)24-11-5-2-6-12-24;1-3-9-18(10-4-1)24-17-19-15-16-23-25(26(19)28-24)21-13-7-8-14-22(21)27(23)20-11-5-2-6-12-20/h2*1-21H;1-17H. The maximum absolute atomic E-state index is 6.50. The van der Waals surface area contributed by atoms with Gasteiger partial charge < -0.3 is 27.0 Å². The van der Waals surface area contributed by atoms with E-state index in [1.54, 1.807) is 0 Å². The summed E-state index contributed by atoms with van der Waals surface area (Å²) in [4.78, 5) is 0. The predicted molar refractivity (Wildman–Crippen MR) is 399 cm³/mol. The van der Waals surface area contributed by atoms with Crippen LogP contribution < -0.4 is 0 Å². The van der Waals surface area contributed by atoms with E-state index in [1.807, 2.05) is 60.7 Å². The summed E-state index contributed by atoms with van der Waals surface area (Å²) >= 11 is 0. The first-order valence-electron chi connectivity index (χ1n) is 32.5. The molecule has 0 spiro atoms. The minimum atomic E-state index is 0.894. The first-order valence-corrected chi connectivity index (χ1v) is 32.5. The molecule has 0 aliphatic carbocycles. The molecule has 20 aromatic rings. The van der Waals surface area contributed by atoms with Crippen molar-refractivity contribution < 1.29 is 13.3 Å². The fourth-order valence-corrected chi connectivity index (χ4v) is 14.2. The molecule has 96 heavy (non-hydrogen) atoms. The minimum Gasteiger partial charge on any atom is -0.455 e. The molecule has 0 unspecified atom stereocenters. The molecule has 0 saturated heterocycles. The molecule has 6 heterocycles. The van der Waals surface area contributed by atoms with Gasteiger partial charge in [0.05, 0.1) is 49.3 Å². The first kappa shape index (κ1) is 55.9. The number of furan rings is 3. The number of hydrogen-bond donors (Lipinski definition) is 0. The predicted octanol–water partition coefficient (Wildman–Crippen LogP) is 24.9. The van der Waals surface area contributed by atoms with Crippen LogP contribution in [0.25, 0.3) is 172 Å². The Kier molecular flexibility index (Phi) is 13.8. The third-order valence-corrected chi connectivity index (χ3v) is 18.6. The van der Waals surface area contributed by atoms with E-state index in [0.717, 1.165) is 111 Å². The molecule has 0 amide bonds. The highest BCUT2D eigenvalue weighted by molar-refractivity contribution is 6.22. The number of para-hydroxylation sites is 4. The van der Waals surface area contributed by atoms with Gasteiger partial charge in [-0.25, -0.2) is 0 Å². The third-order valence-electron chi connectivity index (χ3n) is 18.6. The quantitative estimate of drug-likeness (QED) is 0.152. The highest BCUT2D eigenvalue weighted by atomic mass is 16.3. The molecule has 6 aromatic heterocycles. The van der Waals surface area contributed by atoms with E-state index in [0.29, 0.717) is 0 Å². The van der Waals surface area contributed by atoms with E-state index in [4.69, 9.17) is 13.3 Å². The number of fused-ring (bicyclic) bond motifs is 15. The van der Waals surface area contributed by atoms with Crippen LogP contribution in [0.4, 0.5) is 0 Å². The Bertz CT molecular complexity index is 6220. The van der Waals surface area contributed by atoms with Gasteiger partial charge in [-0.1, -0.05) is 249 Å². The van der Waals surface area contributed by atoms with Crippen molar-refractivity contribution in [2.45, 2.75) is 0 Å². The van der Waals surface area contributed by atoms with Gasteiger partial charge in [0, 0.05) is 66.1 Å². The largest absolute Gasteiger partial charge is 0.455 e. The van der Waals surface area contributed by atoms with Crippen LogP contribution in [0, 0.1) is 0 Å². The molecular formula is C90H59N3O3. The summed E-state index contributed by atoms with van der Waals surface area (Å²) in [5.41, 5.74) is 21.4. The Morgan fingerprint density at radius 3 is 0.844 bits per heavy atom. The van der Waals surface area contributed by atoms with Crippen molar-refractivity contribution in [1.82, 2.24) is 13.7 Å². The summed E-state index contributed by atoms with van der Waals surface area (Å²) in [5, 5.41) is 10.4. The molecule has 452 valence electrons. The van der Waals surface area contributed by atoms with Crippen LogP contribution in [0.2, 0.25) is 0 Å². The number of aromatic nitrogens is 3. The van der Waals surface area contributed by atoms with Crippen molar-refractivity contribution in [2.75, 3.05) is 0 Å². The van der Waals surface area contributed by atoms with Crippen molar-refractivity contribution in [3.05, 3.63) is 358 Å². The molecule has 0 N–H and O–H groups in total. The van der Waals surface area contributed by atoms with E-state index in [-0.39, 0.29) is 0 Å². The van der Waals surface area contributed by atoms with Crippen LogP contribution in [-0.2, 0) is 0 Å². The van der Waals surface area contributed by atoms with Gasteiger partial charge in [-0.3, -0.25) is 0 Å². The highest BCUT2D eigenvalue weighted by Gasteiger charge is 2.22. The topological polar surface area (TPSA) is 54.2 Å². The molecule has 20 rings (SSSR count). The van der Waals surface area contributed by atoms with Gasteiger partial charge in [0.25, 0.3) is 0 Å². The molecule has 14 aromatic carbocycles. The summed E-state index contributed by atoms with van der Waals surface area (Å²) < 4.78 is 26.4. The molecule has 0 fully saturated rings. The summed E-state index contributed by atoms with van der Waals surface area (Å²) in [6, 6.07) is 125. The number of nitrogens with zero attached hydrogens (tertiary/aromatic N) is 3. The number of hydrogen-bond acceptors (Lipinski definition) is 3. The van der Waals surface area contributed by atoms with E-state index in [9.17, 15) is 0 Å². The zero-order chi connectivity index (χ0) is 63.5. The molecule has 0 atom stereocenters. The Morgan fingerprint density at radius 1 is 0.177 bits per heavy atom. The molecule has 0 saturated carbocycles. The summed E-state index contributed by atoms with van der Waals surface area (Å²) in [6.07, 6.45) is 0. The third kappa shape index (κ3) is 9.74. The van der Waals surface area contributed by atoms with Crippen LogP contribution in [0.1, 0.15) is 0 Å². The summed E-state index contributed by atoms with van der Waals surface area (Å²) in [5.74, 6) is 2.69. The second-order valence-corrected chi connectivity index (χ2v) is 24.3. The lowest BCUT2D eigenvalue weighted by Crippen LogP contribution is -1.94. The van der Waals surface area contributed by atoms with Crippen LogP contribution in [0.3, 0.4) is 0 Å². The van der Waals surface area contributed by atoms with Gasteiger partial charge in [-0.15, -0.1) is 0 Å². The van der Waals surface area contributed by atoms with Gasteiger partial charge >= 0.3 is 0 Å². The summed E-state index contributed by atoms with van der Waals surface area (Å²) in [6.45, 7) is 0. The van der Waals surface area contributed by atoms with E-state index < -0.39 is 0 Å². The molecule has 0 radical (unpaired) electrons. The second-order valence-electron chi connectivity index (χ2n) is 24.3. The van der Waals surface area contributed by atoms with Crippen molar-refractivity contribution in [1.29, 1.82) is 0 Å². The lowest BCUT2D eigenvalue weighted by atomic mass is 10.1. The lowest BCUT2D eigenvalue weighted by Gasteiger charge is -2.10.